The second-order valence-corrected chi connectivity index (χ2v) is 5.71. The molecule has 0 amide bonds. The predicted molar refractivity (Wildman–Crippen MR) is 40.8 cm³/mol. The van der Waals surface area contributed by atoms with Crippen LogP contribution in [-0.2, 0) is 9.84 Å². The summed E-state index contributed by atoms with van der Waals surface area (Å²) in [4.78, 5) is 0. The average molecular weight is 199 g/mol. The molecule has 0 saturated carbocycles. The molecule has 72 valence electrons. The number of hydrogen-bond acceptors (Lipinski definition) is 3. The van der Waals surface area contributed by atoms with E-state index < -0.39 is 27.7 Å². The molecule has 0 aromatic rings. The van der Waals surface area contributed by atoms with E-state index in [4.69, 9.17) is 5.73 Å². The third kappa shape index (κ3) is 2.38. The monoisotopic (exact) mass is 199 g/mol. The normalized spacial score (nSPS) is 26.3. The molecular weight excluding hydrogens is 188 g/mol. The van der Waals surface area contributed by atoms with Crippen molar-refractivity contribution in [1.82, 2.24) is 0 Å². The molecule has 0 aromatic heterocycles. The SMILES string of the molecule is CC(F)(F)CC1(N)CS(=O)(=O)C1. The minimum atomic E-state index is -3.12. The number of hydrogen-bond donors (Lipinski definition) is 1. The number of alkyl halides is 2. The summed E-state index contributed by atoms with van der Waals surface area (Å²) in [5.74, 6) is -3.52. The first kappa shape index (κ1) is 9.85. The molecule has 0 spiro atoms. The molecule has 1 heterocycles. The lowest BCUT2D eigenvalue weighted by Crippen LogP contribution is -2.63. The molecule has 0 bridgehead atoms. The summed E-state index contributed by atoms with van der Waals surface area (Å²) in [6.45, 7) is 0.743. The van der Waals surface area contributed by atoms with Gasteiger partial charge in [-0.2, -0.15) is 0 Å². The van der Waals surface area contributed by atoms with E-state index >= 15 is 0 Å². The van der Waals surface area contributed by atoms with Crippen LogP contribution in [0.25, 0.3) is 0 Å². The van der Waals surface area contributed by atoms with Crippen molar-refractivity contribution in [3.63, 3.8) is 0 Å². The lowest BCUT2D eigenvalue weighted by Gasteiger charge is -2.38. The van der Waals surface area contributed by atoms with Gasteiger partial charge in [0.15, 0.2) is 9.84 Å². The van der Waals surface area contributed by atoms with Crippen LogP contribution in [0.1, 0.15) is 13.3 Å². The van der Waals surface area contributed by atoms with Crippen molar-refractivity contribution in [1.29, 1.82) is 0 Å². The molecule has 1 aliphatic heterocycles. The van der Waals surface area contributed by atoms with Crippen molar-refractivity contribution in [2.45, 2.75) is 24.8 Å². The van der Waals surface area contributed by atoms with Gasteiger partial charge in [-0.25, -0.2) is 17.2 Å². The first-order valence-corrected chi connectivity index (χ1v) is 5.31. The van der Waals surface area contributed by atoms with Crippen molar-refractivity contribution in [3.05, 3.63) is 0 Å². The first-order valence-electron chi connectivity index (χ1n) is 3.49. The molecule has 0 radical (unpaired) electrons. The highest BCUT2D eigenvalue weighted by Gasteiger charge is 2.49. The van der Waals surface area contributed by atoms with E-state index in [1.807, 2.05) is 0 Å². The third-order valence-corrected chi connectivity index (χ3v) is 3.71. The fraction of sp³-hybridized carbons (Fsp3) is 1.00. The maximum Gasteiger partial charge on any atom is 0.247 e. The number of sulfone groups is 1. The van der Waals surface area contributed by atoms with Crippen molar-refractivity contribution in [2.24, 2.45) is 5.73 Å². The zero-order chi connectivity index (χ0) is 9.62. The van der Waals surface area contributed by atoms with E-state index in [0.29, 0.717) is 0 Å². The molecule has 0 atom stereocenters. The average Bonchev–Trinajstić information content (AvgIpc) is 1.48. The highest BCUT2D eigenvalue weighted by Crippen LogP contribution is 2.32. The summed E-state index contributed by atoms with van der Waals surface area (Å²) in [7, 11) is -3.12. The molecular formula is C6H11F2NO2S. The van der Waals surface area contributed by atoms with E-state index in [-0.39, 0.29) is 11.5 Å². The van der Waals surface area contributed by atoms with Gasteiger partial charge in [0.05, 0.1) is 11.5 Å². The second kappa shape index (κ2) is 2.38. The van der Waals surface area contributed by atoms with Crippen LogP contribution in [0.15, 0.2) is 0 Å². The summed E-state index contributed by atoms with van der Waals surface area (Å²) in [5.41, 5.74) is 4.21. The Morgan fingerprint density at radius 2 is 1.92 bits per heavy atom. The van der Waals surface area contributed by atoms with E-state index in [1.165, 1.54) is 0 Å². The minimum absolute atomic E-state index is 0.316. The Hall–Kier alpha value is -0.230. The Balaban J connectivity index is 2.57. The molecule has 3 nitrogen and oxygen atoms in total. The highest BCUT2D eigenvalue weighted by molar-refractivity contribution is 7.93. The van der Waals surface area contributed by atoms with Crippen LogP contribution in [0.4, 0.5) is 8.78 Å². The molecule has 12 heavy (non-hydrogen) atoms. The van der Waals surface area contributed by atoms with Gasteiger partial charge in [-0.3, -0.25) is 0 Å². The summed E-state index contributed by atoms with van der Waals surface area (Å²) < 4.78 is 46.2. The zero-order valence-electron chi connectivity index (χ0n) is 6.68. The van der Waals surface area contributed by atoms with Gasteiger partial charge in [-0.15, -0.1) is 0 Å². The van der Waals surface area contributed by atoms with Crippen LogP contribution in [0, 0.1) is 0 Å². The summed E-state index contributed by atoms with van der Waals surface area (Å²) in [6.07, 6.45) is -0.556. The Kier molecular flexibility index (Phi) is 1.96. The topological polar surface area (TPSA) is 60.2 Å². The van der Waals surface area contributed by atoms with Gasteiger partial charge in [0.2, 0.25) is 5.92 Å². The molecule has 1 saturated heterocycles. The fourth-order valence-corrected chi connectivity index (χ4v) is 3.43. The summed E-state index contributed by atoms with van der Waals surface area (Å²) >= 11 is 0. The smallest absolute Gasteiger partial charge is 0.247 e. The third-order valence-electron chi connectivity index (χ3n) is 1.68. The van der Waals surface area contributed by atoms with Crippen LogP contribution in [0.2, 0.25) is 0 Å². The van der Waals surface area contributed by atoms with Gasteiger partial charge in [0, 0.05) is 12.0 Å². The largest absolute Gasteiger partial charge is 0.323 e. The molecule has 2 N–H and O–H groups in total. The Morgan fingerprint density at radius 3 is 2.17 bits per heavy atom. The first-order chi connectivity index (χ1) is 5.12. The second-order valence-electron chi connectivity index (χ2n) is 3.64. The Morgan fingerprint density at radius 1 is 1.50 bits per heavy atom. The van der Waals surface area contributed by atoms with Gasteiger partial charge in [-0.1, -0.05) is 0 Å². The number of rotatable bonds is 2. The van der Waals surface area contributed by atoms with Crippen LogP contribution < -0.4 is 5.73 Å². The van der Waals surface area contributed by atoms with E-state index in [2.05, 4.69) is 0 Å². The standard InChI is InChI=1S/C6H11F2NO2S/c1-5(7,8)2-6(9)3-12(10,11)4-6/h2-4,9H2,1H3. The lowest BCUT2D eigenvalue weighted by molar-refractivity contribution is -0.00502. The molecule has 0 aromatic carbocycles. The van der Waals surface area contributed by atoms with Crippen molar-refractivity contribution in [2.75, 3.05) is 11.5 Å². The van der Waals surface area contributed by atoms with Gasteiger partial charge in [-0.05, 0) is 6.92 Å². The van der Waals surface area contributed by atoms with Crippen LogP contribution in [0.3, 0.4) is 0 Å². The van der Waals surface area contributed by atoms with E-state index in [9.17, 15) is 17.2 Å². The van der Waals surface area contributed by atoms with Crippen molar-refractivity contribution in [3.8, 4) is 0 Å². The Labute approximate surface area is 69.9 Å². The predicted octanol–water partition coefficient (Wildman–Crippen LogP) is 0.158. The van der Waals surface area contributed by atoms with E-state index in [0.717, 1.165) is 6.92 Å². The number of nitrogens with two attached hydrogens (primary N) is 1. The molecule has 1 fully saturated rings. The lowest BCUT2D eigenvalue weighted by atomic mass is 9.97. The van der Waals surface area contributed by atoms with Crippen molar-refractivity contribution < 1.29 is 17.2 Å². The summed E-state index contributed by atoms with van der Waals surface area (Å²) in [6, 6.07) is 0. The maximum atomic E-state index is 12.4. The van der Waals surface area contributed by atoms with Crippen LogP contribution in [-0.4, -0.2) is 31.4 Å². The van der Waals surface area contributed by atoms with E-state index in [1.54, 1.807) is 0 Å². The Bertz CT molecular complexity index is 268. The maximum absolute atomic E-state index is 12.4. The van der Waals surface area contributed by atoms with Crippen LogP contribution in [0.5, 0.6) is 0 Å². The van der Waals surface area contributed by atoms with Crippen LogP contribution >= 0.6 is 0 Å². The molecule has 0 unspecified atom stereocenters. The van der Waals surface area contributed by atoms with Gasteiger partial charge >= 0.3 is 0 Å². The number of halogens is 2. The van der Waals surface area contributed by atoms with Gasteiger partial charge < -0.3 is 5.73 Å². The molecule has 1 rings (SSSR count). The summed E-state index contributed by atoms with van der Waals surface area (Å²) in [5, 5.41) is 0. The van der Waals surface area contributed by atoms with Crippen molar-refractivity contribution >= 4 is 9.84 Å². The van der Waals surface area contributed by atoms with Gasteiger partial charge in [0.1, 0.15) is 0 Å². The fourth-order valence-electron chi connectivity index (χ4n) is 1.55. The van der Waals surface area contributed by atoms with Gasteiger partial charge in [0.25, 0.3) is 0 Å². The molecule has 1 aliphatic rings. The zero-order valence-corrected chi connectivity index (χ0v) is 7.50. The minimum Gasteiger partial charge on any atom is -0.323 e. The molecule has 0 aliphatic carbocycles. The highest BCUT2D eigenvalue weighted by atomic mass is 32.2. The molecule has 6 heteroatoms. The quantitative estimate of drug-likeness (QED) is 0.689.